The van der Waals surface area contributed by atoms with E-state index in [1.54, 1.807) is 12.1 Å². The van der Waals surface area contributed by atoms with Crippen LogP contribution in [0.3, 0.4) is 0 Å². The van der Waals surface area contributed by atoms with Crippen LogP contribution in [0.4, 0.5) is 21.9 Å². The standard InChI is InChI=1S/C14H11ClN4O2/c15-11-6-10(3-1-8(11)7-16)18-14(21)19-12-4-2-9(17)5-13(12)20/h1-6,20H,17H2,(H2,18,19,21). The van der Waals surface area contributed by atoms with Crippen molar-refractivity contribution in [3.8, 4) is 11.8 Å². The van der Waals surface area contributed by atoms with Crippen LogP contribution in [-0.4, -0.2) is 11.1 Å². The SMILES string of the molecule is N#Cc1ccc(NC(=O)Nc2ccc(N)cc2O)cc1Cl. The number of hydrogen-bond acceptors (Lipinski definition) is 4. The number of nitrogen functional groups attached to an aromatic ring is 1. The van der Waals surface area contributed by atoms with Gasteiger partial charge in [-0.1, -0.05) is 11.6 Å². The number of rotatable bonds is 2. The number of phenolic OH excluding ortho intramolecular Hbond substituents is 1. The van der Waals surface area contributed by atoms with E-state index >= 15 is 0 Å². The van der Waals surface area contributed by atoms with E-state index in [0.29, 0.717) is 16.9 Å². The third-order valence-corrected chi connectivity index (χ3v) is 2.93. The number of anilines is 3. The van der Waals surface area contributed by atoms with Crippen molar-refractivity contribution in [2.45, 2.75) is 0 Å². The van der Waals surface area contributed by atoms with Crippen LogP contribution in [0.15, 0.2) is 36.4 Å². The second kappa shape index (κ2) is 6.03. The molecule has 2 aromatic carbocycles. The largest absolute Gasteiger partial charge is 0.506 e. The fourth-order valence-corrected chi connectivity index (χ4v) is 1.85. The molecule has 0 fully saturated rings. The van der Waals surface area contributed by atoms with E-state index < -0.39 is 6.03 Å². The minimum Gasteiger partial charge on any atom is -0.506 e. The van der Waals surface area contributed by atoms with Crippen LogP contribution in [0, 0.1) is 11.3 Å². The molecule has 21 heavy (non-hydrogen) atoms. The third-order valence-electron chi connectivity index (χ3n) is 2.62. The van der Waals surface area contributed by atoms with Crippen molar-refractivity contribution in [2.24, 2.45) is 0 Å². The minimum atomic E-state index is -0.559. The van der Waals surface area contributed by atoms with Crippen molar-refractivity contribution < 1.29 is 9.90 Å². The molecule has 2 aromatic rings. The molecule has 106 valence electrons. The molecule has 6 nitrogen and oxygen atoms in total. The number of urea groups is 1. The summed E-state index contributed by atoms with van der Waals surface area (Å²) in [7, 11) is 0. The number of nitrogens with zero attached hydrogens (tertiary/aromatic N) is 1. The van der Waals surface area contributed by atoms with Gasteiger partial charge in [-0.3, -0.25) is 0 Å². The maximum atomic E-state index is 11.8. The molecule has 2 amide bonds. The van der Waals surface area contributed by atoms with Gasteiger partial charge in [0.2, 0.25) is 0 Å². The number of carbonyl (C=O) groups excluding carboxylic acids is 1. The van der Waals surface area contributed by atoms with Gasteiger partial charge in [0.1, 0.15) is 11.8 Å². The Bertz CT molecular complexity index is 740. The lowest BCUT2D eigenvalue weighted by molar-refractivity contribution is 0.262. The number of amides is 2. The normalized spacial score (nSPS) is 9.71. The summed E-state index contributed by atoms with van der Waals surface area (Å²) in [5.41, 5.74) is 6.85. The Morgan fingerprint density at radius 2 is 2.00 bits per heavy atom. The Kier molecular flexibility index (Phi) is 4.16. The highest BCUT2D eigenvalue weighted by Crippen LogP contribution is 2.25. The molecular formula is C14H11ClN4O2. The van der Waals surface area contributed by atoms with Gasteiger partial charge < -0.3 is 21.5 Å². The number of phenols is 1. The zero-order valence-corrected chi connectivity index (χ0v) is 11.5. The Morgan fingerprint density at radius 1 is 1.24 bits per heavy atom. The molecule has 0 bridgehead atoms. The molecule has 0 radical (unpaired) electrons. The van der Waals surface area contributed by atoms with Crippen LogP contribution in [-0.2, 0) is 0 Å². The fraction of sp³-hybridized carbons (Fsp3) is 0. The minimum absolute atomic E-state index is 0.136. The number of nitrogens with two attached hydrogens (primary N) is 1. The Hall–Kier alpha value is -2.91. The van der Waals surface area contributed by atoms with Gasteiger partial charge in [0.05, 0.1) is 16.3 Å². The molecule has 0 aliphatic carbocycles. The van der Waals surface area contributed by atoms with Gasteiger partial charge in [-0.15, -0.1) is 0 Å². The first kappa shape index (κ1) is 14.5. The second-order valence-corrected chi connectivity index (χ2v) is 4.57. The molecule has 0 aliphatic rings. The number of nitriles is 1. The van der Waals surface area contributed by atoms with Crippen molar-refractivity contribution in [1.29, 1.82) is 5.26 Å². The van der Waals surface area contributed by atoms with Crippen molar-refractivity contribution in [2.75, 3.05) is 16.4 Å². The molecule has 7 heteroatoms. The summed E-state index contributed by atoms with van der Waals surface area (Å²) < 4.78 is 0. The topological polar surface area (TPSA) is 111 Å². The lowest BCUT2D eigenvalue weighted by Crippen LogP contribution is -2.19. The number of nitrogens with one attached hydrogen (secondary N) is 2. The average molecular weight is 303 g/mol. The second-order valence-electron chi connectivity index (χ2n) is 4.16. The van der Waals surface area contributed by atoms with E-state index in [9.17, 15) is 9.90 Å². The summed E-state index contributed by atoms with van der Waals surface area (Å²) in [6.45, 7) is 0. The number of halogens is 1. The predicted molar refractivity (Wildman–Crippen MR) is 81.3 cm³/mol. The molecule has 0 saturated heterocycles. The van der Waals surface area contributed by atoms with Crippen LogP contribution in [0.5, 0.6) is 5.75 Å². The zero-order chi connectivity index (χ0) is 15.4. The van der Waals surface area contributed by atoms with E-state index in [1.165, 1.54) is 24.3 Å². The summed E-state index contributed by atoms with van der Waals surface area (Å²) >= 11 is 5.87. The van der Waals surface area contributed by atoms with E-state index in [-0.39, 0.29) is 16.5 Å². The maximum absolute atomic E-state index is 11.8. The first-order chi connectivity index (χ1) is 9.99. The van der Waals surface area contributed by atoms with Crippen molar-refractivity contribution in [1.82, 2.24) is 0 Å². The highest BCUT2D eigenvalue weighted by atomic mass is 35.5. The van der Waals surface area contributed by atoms with E-state index in [2.05, 4.69) is 10.6 Å². The molecule has 0 spiro atoms. The molecular weight excluding hydrogens is 292 g/mol. The lowest BCUT2D eigenvalue weighted by atomic mass is 10.2. The van der Waals surface area contributed by atoms with E-state index in [4.69, 9.17) is 22.6 Å². The van der Waals surface area contributed by atoms with Crippen LogP contribution < -0.4 is 16.4 Å². The van der Waals surface area contributed by atoms with E-state index in [1.807, 2.05) is 6.07 Å². The van der Waals surface area contributed by atoms with Gasteiger partial charge in [0, 0.05) is 17.4 Å². The van der Waals surface area contributed by atoms with Gasteiger partial charge in [0.15, 0.2) is 0 Å². The quantitative estimate of drug-likeness (QED) is 0.504. The molecule has 0 unspecified atom stereocenters. The van der Waals surface area contributed by atoms with Crippen LogP contribution in [0.1, 0.15) is 5.56 Å². The highest BCUT2D eigenvalue weighted by Gasteiger charge is 2.08. The lowest BCUT2D eigenvalue weighted by Gasteiger charge is -2.10. The van der Waals surface area contributed by atoms with Crippen LogP contribution >= 0.6 is 11.6 Å². The van der Waals surface area contributed by atoms with Gasteiger partial charge in [0.25, 0.3) is 0 Å². The molecule has 2 rings (SSSR count). The summed E-state index contributed by atoms with van der Waals surface area (Å²) in [5, 5.41) is 23.7. The maximum Gasteiger partial charge on any atom is 0.323 e. The molecule has 0 heterocycles. The van der Waals surface area contributed by atoms with Gasteiger partial charge >= 0.3 is 6.03 Å². The zero-order valence-electron chi connectivity index (χ0n) is 10.7. The number of benzene rings is 2. The van der Waals surface area contributed by atoms with Crippen molar-refractivity contribution >= 4 is 34.7 Å². The van der Waals surface area contributed by atoms with E-state index in [0.717, 1.165) is 0 Å². The monoisotopic (exact) mass is 302 g/mol. The van der Waals surface area contributed by atoms with Crippen LogP contribution in [0.25, 0.3) is 0 Å². The first-order valence-corrected chi connectivity index (χ1v) is 6.23. The molecule has 0 aliphatic heterocycles. The molecule has 0 aromatic heterocycles. The molecule has 5 N–H and O–H groups in total. The summed E-state index contributed by atoms with van der Waals surface area (Å²) in [4.78, 5) is 11.8. The predicted octanol–water partition coefficient (Wildman–Crippen LogP) is 3.14. The first-order valence-electron chi connectivity index (χ1n) is 5.86. The van der Waals surface area contributed by atoms with Gasteiger partial charge in [-0.05, 0) is 30.3 Å². The Balaban J connectivity index is 2.08. The van der Waals surface area contributed by atoms with Crippen molar-refractivity contribution in [3.63, 3.8) is 0 Å². The number of aromatic hydroxyl groups is 1. The molecule has 0 saturated carbocycles. The van der Waals surface area contributed by atoms with Gasteiger partial charge in [-0.2, -0.15) is 5.26 Å². The Labute approximate surface area is 125 Å². The van der Waals surface area contributed by atoms with Crippen LogP contribution in [0.2, 0.25) is 5.02 Å². The number of carbonyl (C=O) groups is 1. The van der Waals surface area contributed by atoms with Gasteiger partial charge in [-0.25, -0.2) is 4.79 Å². The summed E-state index contributed by atoms with van der Waals surface area (Å²) in [6.07, 6.45) is 0. The fourth-order valence-electron chi connectivity index (χ4n) is 1.62. The summed E-state index contributed by atoms with van der Waals surface area (Å²) in [5.74, 6) is -0.136. The smallest absolute Gasteiger partial charge is 0.323 e. The third kappa shape index (κ3) is 3.55. The average Bonchev–Trinajstić information content (AvgIpc) is 2.42. The highest BCUT2D eigenvalue weighted by molar-refractivity contribution is 6.32. The number of hydrogen-bond donors (Lipinski definition) is 4. The summed E-state index contributed by atoms with van der Waals surface area (Å²) in [6, 6.07) is 10.2. The molecule has 0 atom stereocenters. The van der Waals surface area contributed by atoms with Crippen molar-refractivity contribution in [3.05, 3.63) is 47.0 Å². The Morgan fingerprint density at radius 3 is 2.62 bits per heavy atom.